The summed E-state index contributed by atoms with van der Waals surface area (Å²) in [6, 6.07) is 57.2. The first kappa shape index (κ1) is 32.7. The van der Waals surface area contributed by atoms with Crippen molar-refractivity contribution < 1.29 is 4.42 Å². The van der Waals surface area contributed by atoms with Gasteiger partial charge in [-0.3, -0.25) is 0 Å². The summed E-state index contributed by atoms with van der Waals surface area (Å²) in [4.78, 5) is 15.2. The topological polar surface area (TPSA) is 51.8 Å². The predicted octanol–water partition coefficient (Wildman–Crippen LogP) is 12.7. The van der Waals surface area contributed by atoms with Gasteiger partial charge in [0.1, 0.15) is 11.3 Å². The van der Waals surface area contributed by atoms with Crippen LogP contribution in [0.3, 0.4) is 0 Å². The fourth-order valence-corrected chi connectivity index (χ4v) is 8.27. The molecule has 4 nitrogen and oxygen atoms in total. The zero-order chi connectivity index (χ0) is 36.6. The van der Waals surface area contributed by atoms with Crippen LogP contribution in [-0.4, -0.2) is 15.0 Å². The monoisotopic (exact) mass is 707 g/mol. The van der Waals surface area contributed by atoms with Crippen LogP contribution in [0.5, 0.6) is 0 Å². The molecule has 2 aliphatic carbocycles. The fraction of sp³-hybridized carbons (Fsp3) is 0.0784. The van der Waals surface area contributed by atoms with E-state index in [1.807, 2.05) is 66.7 Å². The molecule has 2 aliphatic rings. The van der Waals surface area contributed by atoms with Gasteiger partial charge in [0.25, 0.3) is 0 Å². The Morgan fingerprint density at radius 2 is 1.07 bits per heavy atom. The summed E-state index contributed by atoms with van der Waals surface area (Å²) < 4.78 is 6.62. The van der Waals surface area contributed by atoms with Gasteiger partial charge in [-0.15, -0.1) is 0 Å². The maximum absolute atomic E-state index is 6.62. The molecule has 2 heterocycles. The molecule has 0 fully saturated rings. The van der Waals surface area contributed by atoms with Crippen LogP contribution >= 0.6 is 0 Å². The molecule has 0 saturated carbocycles. The van der Waals surface area contributed by atoms with Gasteiger partial charge >= 0.3 is 0 Å². The van der Waals surface area contributed by atoms with E-state index in [2.05, 4.69) is 121 Å². The standard InChI is InChI=1S/C51H37N3O/c1-5-15-34(16-6-1)35-27-29-36(30-28-35)41-23-13-24-42(47(41)37-17-7-2-8-18-37)40-31-32-45-44(33-40)48-43(25-14-26-46(48)55-45)51-53-49(38-19-9-3-10-20-38)52-50(54-51)39-21-11-4-12-22-39/h1-30,33,41,47H,31-32H2. The normalized spacial score (nSPS) is 16.4. The van der Waals surface area contributed by atoms with Gasteiger partial charge < -0.3 is 4.42 Å². The van der Waals surface area contributed by atoms with E-state index in [4.69, 9.17) is 19.4 Å². The number of aryl methyl sites for hydroxylation is 1. The minimum absolute atomic E-state index is 0.157. The molecule has 0 spiro atoms. The highest BCUT2D eigenvalue weighted by molar-refractivity contribution is 6.00. The number of hydrogen-bond acceptors (Lipinski definition) is 4. The molecule has 4 heteroatoms. The average Bonchev–Trinajstić information content (AvgIpc) is 3.65. The molecule has 2 aromatic heterocycles. The number of furan rings is 1. The Morgan fingerprint density at radius 3 is 1.73 bits per heavy atom. The minimum Gasteiger partial charge on any atom is -0.460 e. The van der Waals surface area contributed by atoms with E-state index in [0.29, 0.717) is 17.5 Å². The Morgan fingerprint density at radius 1 is 0.491 bits per heavy atom. The second kappa shape index (κ2) is 14.1. The van der Waals surface area contributed by atoms with Crippen LogP contribution in [0.15, 0.2) is 198 Å². The van der Waals surface area contributed by atoms with Gasteiger partial charge in [-0.1, -0.05) is 176 Å². The van der Waals surface area contributed by atoms with Crippen LogP contribution in [-0.2, 0) is 6.42 Å². The maximum Gasteiger partial charge on any atom is 0.164 e. The second-order valence-electron chi connectivity index (χ2n) is 14.2. The number of fused-ring (bicyclic) bond motifs is 3. The summed E-state index contributed by atoms with van der Waals surface area (Å²) in [5.74, 6) is 3.26. The number of nitrogens with zero attached hydrogens (tertiary/aromatic N) is 3. The first-order valence-electron chi connectivity index (χ1n) is 19.0. The summed E-state index contributed by atoms with van der Waals surface area (Å²) in [7, 11) is 0. The van der Waals surface area contributed by atoms with E-state index in [-0.39, 0.29) is 11.8 Å². The highest BCUT2D eigenvalue weighted by Crippen LogP contribution is 2.48. The summed E-state index contributed by atoms with van der Waals surface area (Å²) in [5, 5.41) is 1.04. The van der Waals surface area contributed by atoms with Gasteiger partial charge in [-0.25, -0.2) is 15.0 Å². The summed E-state index contributed by atoms with van der Waals surface area (Å²) in [6.07, 6.45) is 11.0. The Bertz CT molecular complexity index is 2670. The quantitative estimate of drug-likeness (QED) is 0.165. The average molecular weight is 708 g/mol. The maximum atomic E-state index is 6.62. The molecule has 0 radical (unpaired) electrons. The molecule has 262 valence electrons. The van der Waals surface area contributed by atoms with Crippen molar-refractivity contribution in [2.24, 2.45) is 0 Å². The van der Waals surface area contributed by atoms with E-state index < -0.39 is 0 Å². The molecule has 0 saturated heterocycles. The molecular formula is C51H37N3O. The van der Waals surface area contributed by atoms with Crippen LogP contribution in [0.2, 0.25) is 0 Å². The molecule has 2 unspecified atom stereocenters. The van der Waals surface area contributed by atoms with Gasteiger partial charge in [0.05, 0.1) is 0 Å². The van der Waals surface area contributed by atoms with Crippen LogP contribution in [0, 0.1) is 0 Å². The largest absolute Gasteiger partial charge is 0.460 e. The number of allylic oxidation sites excluding steroid dienone is 5. The smallest absolute Gasteiger partial charge is 0.164 e. The highest BCUT2D eigenvalue weighted by Gasteiger charge is 2.32. The number of hydrogen-bond donors (Lipinski definition) is 0. The fourth-order valence-electron chi connectivity index (χ4n) is 8.27. The molecule has 8 aromatic rings. The van der Waals surface area contributed by atoms with E-state index in [1.54, 1.807) is 0 Å². The van der Waals surface area contributed by atoms with Crippen molar-refractivity contribution in [1.29, 1.82) is 0 Å². The van der Waals surface area contributed by atoms with Crippen molar-refractivity contribution in [2.45, 2.75) is 24.7 Å². The highest BCUT2D eigenvalue weighted by atomic mass is 16.3. The molecule has 0 amide bonds. The molecule has 0 bridgehead atoms. The van der Waals surface area contributed by atoms with E-state index in [0.717, 1.165) is 51.8 Å². The van der Waals surface area contributed by atoms with Crippen LogP contribution in [0.25, 0.3) is 62.3 Å². The van der Waals surface area contributed by atoms with Gasteiger partial charge in [0, 0.05) is 45.9 Å². The SMILES string of the molecule is C1=CC(c2ccc(-c3ccccc3)cc2)C(c2ccccc2)C(C2=Cc3c(oc4cccc(-c5nc(-c6ccccc6)nc(-c6ccccc6)n5)c34)CC2)=C1. The molecular weight excluding hydrogens is 671 g/mol. The summed E-state index contributed by atoms with van der Waals surface area (Å²) >= 11 is 0. The van der Waals surface area contributed by atoms with E-state index in [1.165, 1.54) is 33.4 Å². The van der Waals surface area contributed by atoms with Crippen LogP contribution in [0.4, 0.5) is 0 Å². The van der Waals surface area contributed by atoms with Crippen molar-refractivity contribution >= 4 is 17.0 Å². The first-order valence-corrected chi connectivity index (χ1v) is 19.0. The minimum atomic E-state index is 0.157. The Kier molecular flexibility index (Phi) is 8.42. The molecule has 2 atom stereocenters. The van der Waals surface area contributed by atoms with Crippen molar-refractivity contribution in [3.05, 3.63) is 216 Å². The second-order valence-corrected chi connectivity index (χ2v) is 14.2. The van der Waals surface area contributed by atoms with Crippen molar-refractivity contribution in [3.8, 4) is 45.3 Å². The first-order chi connectivity index (χ1) is 27.3. The van der Waals surface area contributed by atoms with E-state index in [9.17, 15) is 0 Å². The van der Waals surface area contributed by atoms with Crippen molar-refractivity contribution in [2.75, 3.05) is 0 Å². The Hall–Kier alpha value is -6.91. The van der Waals surface area contributed by atoms with Gasteiger partial charge in [0.2, 0.25) is 0 Å². The third-order valence-corrected chi connectivity index (χ3v) is 10.9. The van der Waals surface area contributed by atoms with Crippen LogP contribution < -0.4 is 0 Å². The molecule has 6 aromatic carbocycles. The molecule has 0 aliphatic heterocycles. The Balaban J connectivity index is 1.08. The third-order valence-electron chi connectivity index (χ3n) is 10.9. The lowest BCUT2D eigenvalue weighted by Gasteiger charge is -2.33. The summed E-state index contributed by atoms with van der Waals surface area (Å²) in [6.45, 7) is 0. The molecule has 0 N–H and O–H groups in total. The lowest BCUT2D eigenvalue weighted by Crippen LogP contribution is -2.17. The number of aromatic nitrogens is 3. The van der Waals surface area contributed by atoms with Gasteiger partial charge in [-0.2, -0.15) is 0 Å². The molecule has 10 rings (SSSR count). The van der Waals surface area contributed by atoms with Crippen molar-refractivity contribution in [3.63, 3.8) is 0 Å². The Labute approximate surface area is 320 Å². The van der Waals surface area contributed by atoms with Gasteiger partial charge in [0.15, 0.2) is 17.5 Å². The lowest BCUT2D eigenvalue weighted by molar-refractivity contribution is 0.542. The zero-order valence-electron chi connectivity index (χ0n) is 30.2. The van der Waals surface area contributed by atoms with E-state index >= 15 is 0 Å². The zero-order valence-corrected chi connectivity index (χ0v) is 30.2. The number of rotatable bonds is 7. The predicted molar refractivity (Wildman–Crippen MR) is 223 cm³/mol. The van der Waals surface area contributed by atoms with Gasteiger partial charge in [-0.05, 0) is 52.0 Å². The third kappa shape index (κ3) is 6.22. The van der Waals surface area contributed by atoms with Crippen LogP contribution in [0.1, 0.15) is 40.7 Å². The lowest BCUT2D eigenvalue weighted by atomic mass is 9.71. The summed E-state index contributed by atoms with van der Waals surface area (Å²) in [5.41, 5.74) is 12.5. The number of benzene rings is 6. The van der Waals surface area contributed by atoms with Crippen molar-refractivity contribution in [1.82, 2.24) is 15.0 Å². The molecule has 55 heavy (non-hydrogen) atoms.